The monoisotopic (exact) mass is 354 g/mol. The number of hydrogen-bond donors (Lipinski definition) is 2. The van der Waals surface area contributed by atoms with Crippen LogP contribution in [0.3, 0.4) is 0 Å². The first-order chi connectivity index (χ1) is 12.1. The number of anilines is 1. The molecule has 3 rings (SSSR count). The summed E-state index contributed by atoms with van der Waals surface area (Å²) in [5.74, 6) is 0.883. The van der Waals surface area contributed by atoms with Crippen LogP contribution in [0.5, 0.6) is 5.75 Å². The molecule has 1 saturated carbocycles. The molecule has 2 aromatic carbocycles. The second-order valence-corrected chi connectivity index (χ2v) is 7.06. The molecule has 25 heavy (non-hydrogen) atoms. The summed E-state index contributed by atoms with van der Waals surface area (Å²) in [5, 5.41) is 7.62. The van der Waals surface area contributed by atoms with Crippen LogP contribution in [-0.2, 0) is 12.0 Å². The maximum Gasteiger partial charge on any atom is 0.171 e. The van der Waals surface area contributed by atoms with Crippen molar-refractivity contribution in [2.24, 2.45) is 0 Å². The van der Waals surface area contributed by atoms with Crippen LogP contribution in [0.15, 0.2) is 48.5 Å². The molecule has 0 aliphatic heterocycles. The van der Waals surface area contributed by atoms with Gasteiger partial charge < -0.3 is 15.4 Å². The Balaban J connectivity index is 1.72. The number of hydrogen-bond acceptors (Lipinski definition) is 2. The van der Waals surface area contributed by atoms with Gasteiger partial charge in [-0.05, 0) is 66.9 Å². The molecule has 0 radical (unpaired) electrons. The lowest BCUT2D eigenvalue weighted by Crippen LogP contribution is -2.45. The third kappa shape index (κ3) is 4.13. The van der Waals surface area contributed by atoms with Crippen molar-refractivity contribution >= 4 is 23.0 Å². The summed E-state index contributed by atoms with van der Waals surface area (Å²) in [6.07, 6.45) is 5.66. The highest BCUT2D eigenvalue weighted by Gasteiger charge is 2.36. The Bertz CT molecular complexity index is 704. The van der Waals surface area contributed by atoms with Crippen LogP contribution in [-0.4, -0.2) is 12.2 Å². The van der Waals surface area contributed by atoms with E-state index in [1.54, 1.807) is 7.11 Å². The van der Waals surface area contributed by atoms with Gasteiger partial charge in [-0.25, -0.2) is 0 Å². The molecule has 1 aliphatic rings. The van der Waals surface area contributed by atoms with Gasteiger partial charge in [-0.3, -0.25) is 0 Å². The van der Waals surface area contributed by atoms with Crippen molar-refractivity contribution in [3.8, 4) is 5.75 Å². The highest BCUT2D eigenvalue weighted by Crippen LogP contribution is 2.39. The zero-order chi connectivity index (χ0) is 17.7. The Morgan fingerprint density at radius 1 is 1.04 bits per heavy atom. The highest BCUT2D eigenvalue weighted by molar-refractivity contribution is 7.80. The molecule has 132 valence electrons. The van der Waals surface area contributed by atoms with E-state index in [0.717, 1.165) is 30.7 Å². The van der Waals surface area contributed by atoms with Crippen LogP contribution < -0.4 is 15.4 Å². The first-order valence-electron chi connectivity index (χ1n) is 8.98. The number of benzene rings is 2. The first kappa shape index (κ1) is 17.7. The predicted octanol–water partition coefficient (Wildman–Crippen LogP) is 5.01. The van der Waals surface area contributed by atoms with Gasteiger partial charge in [-0.2, -0.15) is 0 Å². The standard InChI is InChI=1S/C21H26N2OS/c1-3-16-6-10-18(11-7-16)22-20(25)23-21(14-4-5-15-21)17-8-12-19(24-2)13-9-17/h6-13H,3-5,14-15H2,1-2H3,(H2,22,23,25). The fraction of sp³-hybridized carbons (Fsp3) is 0.381. The minimum Gasteiger partial charge on any atom is -0.497 e. The molecule has 0 bridgehead atoms. The van der Waals surface area contributed by atoms with Crippen molar-refractivity contribution in [3.05, 3.63) is 59.7 Å². The van der Waals surface area contributed by atoms with E-state index in [4.69, 9.17) is 17.0 Å². The Labute approximate surface area is 155 Å². The van der Waals surface area contributed by atoms with Gasteiger partial charge in [0.1, 0.15) is 5.75 Å². The smallest absolute Gasteiger partial charge is 0.171 e. The van der Waals surface area contributed by atoms with Crippen molar-refractivity contribution in [3.63, 3.8) is 0 Å². The third-order valence-corrected chi connectivity index (χ3v) is 5.28. The van der Waals surface area contributed by atoms with Gasteiger partial charge in [-0.15, -0.1) is 0 Å². The van der Waals surface area contributed by atoms with E-state index in [9.17, 15) is 0 Å². The zero-order valence-corrected chi connectivity index (χ0v) is 15.8. The van der Waals surface area contributed by atoms with Crippen molar-refractivity contribution < 1.29 is 4.74 Å². The zero-order valence-electron chi connectivity index (χ0n) is 15.0. The second kappa shape index (κ2) is 7.87. The van der Waals surface area contributed by atoms with Gasteiger partial charge in [0.2, 0.25) is 0 Å². The molecule has 3 nitrogen and oxygen atoms in total. The van der Waals surface area contributed by atoms with E-state index in [0.29, 0.717) is 5.11 Å². The summed E-state index contributed by atoms with van der Waals surface area (Å²) in [6, 6.07) is 16.8. The average molecular weight is 355 g/mol. The van der Waals surface area contributed by atoms with E-state index < -0.39 is 0 Å². The maximum absolute atomic E-state index is 5.61. The number of ether oxygens (including phenoxy) is 1. The normalized spacial score (nSPS) is 15.6. The van der Waals surface area contributed by atoms with Crippen LogP contribution in [0.2, 0.25) is 0 Å². The highest BCUT2D eigenvalue weighted by atomic mass is 32.1. The summed E-state index contributed by atoms with van der Waals surface area (Å²) >= 11 is 5.61. The maximum atomic E-state index is 5.61. The lowest BCUT2D eigenvalue weighted by molar-refractivity contribution is 0.401. The van der Waals surface area contributed by atoms with Gasteiger partial charge in [0.25, 0.3) is 0 Å². The molecule has 0 unspecified atom stereocenters. The fourth-order valence-electron chi connectivity index (χ4n) is 3.58. The van der Waals surface area contributed by atoms with Crippen molar-refractivity contribution in [1.82, 2.24) is 5.32 Å². The Morgan fingerprint density at radius 3 is 2.24 bits per heavy atom. The molecule has 0 heterocycles. The van der Waals surface area contributed by atoms with E-state index >= 15 is 0 Å². The molecule has 0 saturated heterocycles. The van der Waals surface area contributed by atoms with Crippen LogP contribution in [0, 0.1) is 0 Å². The van der Waals surface area contributed by atoms with Gasteiger partial charge in [-0.1, -0.05) is 44.0 Å². The molecule has 0 spiro atoms. The molecular weight excluding hydrogens is 328 g/mol. The summed E-state index contributed by atoms with van der Waals surface area (Å²) in [5.41, 5.74) is 3.54. The molecule has 1 aliphatic carbocycles. The Kier molecular flexibility index (Phi) is 5.59. The minimum atomic E-state index is -0.0836. The molecule has 0 aromatic heterocycles. The van der Waals surface area contributed by atoms with E-state index in [2.05, 4.69) is 54.0 Å². The lowest BCUT2D eigenvalue weighted by Gasteiger charge is -2.32. The third-order valence-electron chi connectivity index (χ3n) is 5.07. The van der Waals surface area contributed by atoms with Crippen LogP contribution >= 0.6 is 12.2 Å². The number of nitrogens with one attached hydrogen (secondary N) is 2. The van der Waals surface area contributed by atoms with Gasteiger partial charge in [0, 0.05) is 5.69 Å². The molecule has 0 amide bonds. The number of methoxy groups -OCH3 is 1. The SMILES string of the molecule is CCc1ccc(NC(=S)NC2(c3ccc(OC)cc3)CCCC2)cc1. The van der Waals surface area contributed by atoms with Gasteiger partial charge >= 0.3 is 0 Å². The largest absolute Gasteiger partial charge is 0.497 e. The van der Waals surface area contributed by atoms with E-state index in [1.165, 1.54) is 24.0 Å². The molecular formula is C21H26N2OS. The summed E-state index contributed by atoms with van der Waals surface area (Å²) in [6.45, 7) is 2.16. The quantitative estimate of drug-likeness (QED) is 0.739. The first-order valence-corrected chi connectivity index (χ1v) is 9.39. The van der Waals surface area contributed by atoms with Crippen LogP contribution in [0.4, 0.5) is 5.69 Å². The molecule has 2 N–H and O–H groups in total. The predicted molar refractivity (Wildman–Crippen MR) is 108 cm³/mol. The van der Waals surface area contributed by atoms with Gasteiger partial charge in [0.15, 0.2) is 5.11 Å². The Hall–Kier alpha value is -2.07. The second-order valence-electron chi connectivity index (χ2n) is 6.65. The summed E-state index contributed by atoms with van der Waals surface area (Å²) < 4.78 is 5.29. The van der Waals surface area contributed by atoms with Crippen LogP contribution in [0.1, 0.15) is 43.7 Å². The average Bonchev–Trinajstić information content (AvgIpc) is 3.12. The number of thiocarbonyl (C=S) groups is 1. The number of aryl methyl sites for hydroxylation is 1. The lowest BCUT2D eigenvalue weighted by atomic mass is 9.88. The molecule has 4 heteroatoms. The minimum absolute atomic E-state index is 0.0836. The summed E-state index contributed by atoms with van der Waals surface area (Å²) in [4.78, 5) is 0. The molecule has 2 aromatic rings. The van der Waals surface area contributed by atoms with Gasteiger partial charge in [0.05, 0.1) is 12.6 Å². The fourth-order valence-corrected chi connectivity index (χ4v) is 3.89. The van der Waals surface area contributed by atoms with Crippen molar-refractivity contribution in [1.29, 1.82) is 0 Å². The summed E-state index contributed by atoms with van der Waals surface area (Å²) in [7, 11) is 1.70. The Morgan fingerprint density at radius 2 is 1.68 bits per heavy atom. The van der Waals surface area contributed by atoms with E-state index in [1.807, 2.05) is 12.1 Å². The topological polar surface area (TPSA) is 33.3 Å². The van der Waals surface area contributed by atoms with Crippen LogP contribution in [0.25, 0.3) is 0 Å². The van der Waals surface area contributed by atoms with Crippen molar-refractivity contribution in [2.75, 3.05) is 12.4 Å². The number of rotatable bonds is 5. The molecule has 1 fully saturated rings. The molecule has 0 atom stereocenters. The van der Waals surface area contributed by atoms with Crippen molar-refractivity contribution in [2.45, 2.75) is 44.6 Å². The van der Waals surface area contributed by atoms with E-state index in [-0.39, 0.29) is 5.54 Å².